The highest BCUT2D eigenvalue weighted by atomic mass is 15.0. The third kappa shape index (κ3) is 3.64. The lowest BCUT2D eigenvalue weighted by Gasteiger charge is -2.11. The van der Waals surface area contributed by atoms with E-state index >= 15 is 0 Å². The first-order valence-electron chi connectivity index (χ1n) is 14.4. The first kappa shape index (κ1) is 23.7. The van der Waals surface area contributed by atoms with Crippen LogP contribution in [0.1, 0.15) is 5.56 Å². The lowest BCUT2D eigenvalue weighted by Crippen LogP contribution is -1.92. The Hall–Kier alpha value is -5.98. The van der Waals surface area contributed by atoms with Crippen LogP contribution in [0.2, 0.25) is 0 Å². The minimum atomic E-state index is 0.684. The van der Waals surface area contributed by atoms with Gasteiger partial charge in [0, 0.05) is 10.8 Å². The molecule has 0 aliphatic carbocycles. The molecule has 0 radical (unpaired) electrons. The fourth-order valence-electron chi connectivity index (χ4n) is 6.59. The molecule has 0 spiro atoms. The summed E-state index contributed by atoms with van der Waals surface area (Å²) in [7, 11) is 0. The first-order valence-corrected chi connectivity index (χ1v) is 14.4. The number of fused-ring (bicyclic) bond motifs is 10. The molecular weight excluding hydrogens is 522 g/mol. The van der Waals surface area contributed by atoms with Crippen LogP contribution in [0.15, 0.2) is 140 Å². The van der Waals surface area contributed by atoms with Crippen molar-refractivity contribution in [3.8, 4) is 28.3 Å². The molecule has 2 heterocycles. The topological polar surface area (TPSA) is 41.1 Å². The second kappa shape index (κ2) is 9.01. The Bertz CT molecular complexity index is 2640. The van der Waals surface area contributed by atoms with Gasteiger partial charge >= 0.3 is 0 Å². The van der Waals surface area contributed by atoms with Crippen LogP contribution < -0.4 is 0 Å². The summed E-state index contributed by atoms with van der Waals surface area (Å²) < 4.78 is 2.30. The number of para-hydroxylation sites is 3. The van der Waals surface area contributed by atoms with Crippen LogP contribution in [0, 0.1) is 11.3 Å². The molecule has 9 aromatic rings. The van der Waals surface area contributed by atoms with Gasteiger partial charge in [0.2, 0.25) is 0 Å². The Morgan fingerprint density at radius 2 is 1.02 bits per heavy atom. The number of pyridine rings is 1. The summed E-state index contributed by atoms with van der Waals surface area (Å²) in [4.78, 5) is 5.09. The molecule has 0 unspecified atom stereocenters. The largest absolute Gasteiger partial charge is 0.292 e. The van der Waals surface area contributed by atoms with Gasteiger partial charge in [0.05, 0.1) is 28.2 Å². The van der Waals surface area contributed by atoms with Crippen LogP contribution in [-0.4, -0.2) is 9.38 Å². The number of aromatic nitrogens is 2. The number of imidazole rings is 1. The molecule has 3 heteroatoms. The Balaban J connectivity index is 1.17. The minimum absolute atomic E-state index is 0.684. The summed E-state index contributed by atoms with van der Waals surface area (Å²) in [6, 6.07) is 51.7. The third-order valence-electron chi connectivity index (χ3n) is 8.73. The Kier molecular flexibility index (Phi) is 4.97. The zero-order valence-corrected chi connectivity index (χ0v) is 23.1. The molecule has 0 aliphatic rings. The second-order valence-electron chi connectivity index (χ2n) is 11.2. The second-order valence-corrected chi connectivity index (χ2v) is 11.2. The number of benzene rings is 7. The van der Waals surface area contributed by atoms with Crippen molar-refractivity contribution in [3.63, 3.8) is 0 Å². The van der Waals surface area contributed by atoms with Crippen molar-refractivity contribution in [2.75, 3.05) is 0 Å². The van der Waals surface area contributed by atoms with E-state index in [1.807, 2.05) is 18.2 Å². The van der Waals surface area contributed by atoms with E-state index in [9.17, 15) is 5.26 Å². The van der Waals surface area contributed by atoms with Crippen molar-refractivity contribution in [3.05, 3.63) is 145 Å². The van der Waals surface area contributed by atoms with Gasteiger partial charge < -0.3 is 0 Å². The van der Waals surface area contributed by atoms with Crippen molar-refractivity contribution < 1.29 is 0 Å². The quantitative estimate of drug-likeness (QED) is 0.203. The Labute approximate surface area is 247 Å². The van der Waals surface area contributed by atoms with Gasteiger partial charge in [-0.2, -0.15) is 5.26 Å². The van der Waals surface area contributed by atoms with E-state index in [2.05, 4.69) is 132 Å². The third-order valence-corrected chi connectivity index (χ3v) is 8.73. The molecule has 0 N–H and O–H groups in total. The highest BCUT2D eigenvalue weighted by Crippen LogP contribution is 2.36. The van der Waals surface area contributed by atoms with E-state index in [0.29, 0.717) is 5.56 Å². The van der Waals surface area contributed by atoms with Gasteiger partial charge in [0.1, 0.15) is 5.65 Å². The monoisotopic (exact) mass is 545 g/mol. The van der Waals surface area contributed by atoms with Crippen molar-refractivity contribution in [1.29, 1.82) is 5.26 Å². The van der Waals surface area contributed by atoms with Crippen LogP contribution in [0.5, 0.6) is 0 Å². The average Bonchev–Trinajstić information content (AvgIpc) is 3.47. The van der Waals surface area contributed by atoms with E-state index in [0.717, 1.165) is 32.8 Å². The lowest BCUT2D eigenvalue weighted by atomic mass is 9.95. The molecule has 43 heavy (non-hydrogen) atoms. The number of hydrogen-bond donors (Lipinski definition) is 0. The number of hydrogen-bond acceptors (Lipinski definition) is 2. The van der Waals surface area contributed by atoms with Gasteiger partial charge in [-0.1, -0.05) is 84.9 Å². The summed E-state index contributed by atoms with van der Waals surface area (Å²) in [6.45, 7) is 0. The molecule has 2 aromatic heterocycles. The zero-order chi connectivity index (χ0) is 28.5. The normalized spacial score (nSPS) is 11.7. The summed E-state index contributed by atoms with van der Waals surface area (Å²) in [6.07, 6.45) is 0. The van der Waals surface area contributed by atoms with Crippen LogP contribution in [0.3, 0.4) is 0 Å². The van der Waals surface area contributed by atoms with Crippen LogP contribution in [0.4, 0.5) is 0 Å². The summed E-state index contributed by atoms with van der Waals surface area (Å²) in [5.74, 6) is 0. The maximum atomic E-state index is 9.22. The fraction of sp³-hybridized carbons (Fsp3) is 0. The molecule has 0 saturated heterocycles. The smallest absolute Gasteiger partial charge is 0.146 e. The SMILES string of the molecule is N#Cc1ccc2cc(-c3ccc4cc(-c5ccc6c7ccccc7n7c8ccccc8nc7c6c5)ccc4c3)ccc2c1. The van der Waals surface area contributed by atoms with E-state index < -0.39 is 0 Å². The molecule has 0 saturated carbocycles. The molecule has 0 atom stereocenters. The number of nitriles is 1. The molecule has 0 bridgehead atoms. The van der Waals surface area contributed by atoms with Crippen molar-refractivity contribution in [1.82, 2.24) is 9.38 Å². The summed E-state index contributed by atoms with van der Waals surface area (Å²) in [5.41, 5.74) is 9.68. The highest BCUT2D eigenvalue weighted by molar-refractivity contribution is 6.14. The van der Waals surface area contributed by atoms with Crippen LogP contribution >= 0.6 is 0 Å². The predicted molar refractivity (Wildman–Crippen MR) is 178 cm³/mol. The lowest BCUT2D eigenvalue weighted by molar-refractivity contribution is 1.31. The van der Waals surface area contributed by atoms with Crippen LogP contribution in [-0.2, 0) is 0 Å². The summed E-state index contributed by atoms with van der Waals surface area (Å²) in [5, 5.41) is 17.4. The van der Waals surface area contributed by atoms with Gasteiger partial charge in [-0.15, -0.1) is 0 Å². The number of rotatable bonds is 2. The molecule has 3 nitrogen and oxygen atoms in total. The molecule has 198 valence electrons. The molecule has 0 amide bonds. The fourth-order valence-corrected chi connectivity index (χ4v) is 6.59. The van der Waals surface area contributed by atoms with Gasteiger partial charge in [-0.25, -0.2) is 4.98 Å². The molecular formula is C40H23N3. The van der Waals surface area contributed by atoms with E-state index in [-0.39, 0.29) is 0 Å². The minimum Gasteiger partial charge on any atom is -0.292 e. The zero-order valence-electron chi connectivity index (χ0n) is 23.1. The molecule has 0 fully saturated rings. The van der Waals surface area contributed by atoms with Gasteiger partial charge in [-0.05, 0) is 104 Å². The van der Waals surface area contributed by atoms with Crippen molar-refractivity contribution >= 4 is 59.9 Å². The standard InChI is InChI=1S/C40H23N3/c41-24-25-9-10-27-20-28(12-11-26(27)19-25)29-13-14-31-22-32(16-15-30(31)21-29)33-17-18-34-35-5-1-3-7-38(35)43-39-8-4-2-6-37(39)42-40(43)36(34)23-33/h1-23H. The van der Waals surface area contributed by atoms with Crippen LogP contribution in [0.25, 0.3) is 82.2 Å². The van der Waals surface area contributed by atoms with E-state index in [1.165, 1.54) is 49.3 Å². The Morgan fingerprint density at radius 1 is 0.465 bits per heavy atom. The molecule has 0 aliphatic heterocycles. The van der Waals surface area contributed by atoms with Crippen molar-refractivity contribution in [2.45, 2.75) is 0 Å². The average molecular weight is 546 g/mol. The predicted octanol–water partition coefficient (Wildman–Crippen LogP) is 10.3. The van der Waals surface area contributed by atoms with Gasteiger partial charge in [0.15, 0.2) is 0 Å². The molecule has 7 aromatic carbocycles. The maximum absolute atomic E-state index is 9.22. The van der Waals surface area contributed by atoms with Crippen molar-refractivity contribution in [2.24, 2.45) is 0 Å². The first-order chi connectivity index (χ1) is 21.2. The maximum Gasteiger partial charge on any atom is 0.146 e. The van der Waals surface area contributed by atoms with Gasteiger partial charge in [0.25, 0.3) is 0 Å². The van der Waals surface area contributed by atoms with E-state index in [4.69, 9.17) is 4.98 Å². The highest BCUT2D eigenvalue weighted by Gasteiger charge is 2.14. The van der Waals surface area contributed by atoms with E-state index in [1.54, 1.807) is 0 Å². The van der Waals surface area contributed by atoms with Gasteiger partial charge in [-0.3, -0.25) is 4.40 Å². The summed E-state index contributed by atoms with van der Waals surface area (Å²) >= 11 is 0. The number of nitrogens with zero attached hydrogens (tertiary/aromatic N) is 3. The molecule has 9 rings (SSSR count). The Morgan fingerprint density at radius 3 is 1.72 bits per heavy atom.